The number of aromatic nitrogens is 3. The Bertz CT molecular complexity index is 623. The third kappa shape index (κ3) is 4.58. The van der Waals surface area contributed by atoms with E-state index in [1.807, 2.05) is 20.8 Å². The molecule has 0 saturated carbocycles. The number of hydrogen-bond acceptors (Lipinski definition) is 3. The van der Waals surface area contributed by atoms with Gasteiger partial charge in [0.2, 0.25) is 0 Å². The lowest BCUT2D eigenvalue weighted by atomic mass is 9.83. The summed E-state index contributed by atoms with van der Waals surface area (Å²) in [5.41, 5.74) is 0.0355. The number of aryl methyl sites for hydroxylation is 1. The second-order valence-corrected chi connectivity index (χ2v) is 6.88. The van der Waals surface area contributed by atoms with Crippen molar-refractivity contribution in [2.24, 2.45) is 5.41 Å². The predicted molar refractivity (Wildman–Crippen MR) is 83.8 cm³/mol. The Balaban J connectivity index is 2.06. The third-order valence-electron chi connectivity index (χ3n) is 3.98. The third-order valence-corrected chi connectivity index (χ3v) is 3.98. The molecule has 1 aromatic heterocycles. The Kier molecular flexibility index (Phi) is 5.46. The number of aliphatic hydroxyl groups excluding tert-OH is 1. The zero-order chi connectivity index (χ0) is 17.0. The lowest BCUT2D eigenvalue weighted by molar-refractivity contribution is 0.00868. The normalized spacial score (nSPS) is 14.7. The van der Waals surface area contributed by atoms with Crippen LogP contribution in [0.1, 0.15) is 45.2 Å². The summed E-state index contributed by atoms with van der Waals surface area (Å²) in [7, 11) is 0. The second-order valence-electron chi connectivity index (χ2n) is 6.88. The maximum Gasteiger partial charge on any atom is 0.137 e. The summed E-state index contributed by atoms with van der Waals surface area (Å²) in [6.45, 7) is 5.86. The largest absolute Gasteiger partial charge is 0.390 e. The molecule has 2 atom stereocenters. The quantitative estimate of drug-likeness (QED) is 0.885. The SMILES string of the molecule is CC(C)(C)[C@H](O)[C@@H](CCCc1cc(F)ccc1F)n1cncn1. The zero-order valence-corrected chi connectivity index (χ0v) is 13.7. The Morgan fingerprint density at radius 3 is 2.61 bits per heavy atom. The van der Waals surface area contributed by atoms with E-state index in [0.717, 1.165) is 12.1 Å². The first-order chi connectivity index (χ1) is 10.8. The van der Waals surface area contributed by atoms with Crippen molar-refractivity contribution in [1.29, 1.82) is 0 Å². The molecular formula is C17H23F2N3O. The Morgan fingerprint density at radius 2 is 2.00 bits per heavy atom. The molecule has 2 rings (SSSR count). The van der Waals surface area contributed by atoms with E-state index in [2.05, 4.69) is 10.1 Å². The number of nitrogens with zero attached hydrogens (tertiary/aromatic N) is 3. The van der Waals surface area contributed by atoms with Gasteiger partial charge < -0.3 is 5.11 Å². The van der Waals surface area contributed by atoms with Gasteiger partial charge in [-0.25, -0.2) is 18.4 Å². The average molecular weight is 323 g/mol. The maximum atomic E-state index is 13.7. The van der Waals surface area contributed by atoms with Crippen molar-refractivity contribution in [3.05, 3.63) is 48.1 Å². The molecule has 0 saturated heterocycles. The molecule has 126 valence electrons. The smallest absolute Gasteiger partial charge is 0.137 e. The van der Waals surface area contributed by atoms with E-state index in [1.165, 1.54) is 12.4 Å². The van der Waals surface area contributed by atoms with Crippen molar-refractivity contribution < 1.29 is 13.9 Å². The highest BCUT2D eigenvalue weighted by atomic mass is 19.1. The van der Waals surface area contributed by atoms with E-state index in [0.29, 0.717) is 24.8 Å². The van der Waals surface area contributed by atoms with Crippen LogP contribution in [-0.4, -0.2) is 26.0 Å². The average Bonchev–Trinajstić information content (AvgIpc) is 2.99. The summed E-state index contributed by atoms with van der Waals surface area (Å²) in [5.74, 6) is -0.843. The van der Waals surface area contributed by atoms with E-state index < -0.39 is 17.7 Å². The zero-order valence-electron chi connectivity index (χ0n) is 13.7. The molecule has 2 aromatic rings. The summed E-state index contributed by atoms with van der Waals surface area (Å²) >= 11 is 0. The fourth-order valence-corrected chi connectivity index (χ4v) is 2.64. The Hall–Kier alpha value is -1.82. The highest BCUT2D eigenvalue weighted by Gasteiger charge is 2.31. The molecule has 0 fully saturated rings. The number of rotatable bonds is 6. The van der Waals surface area contributed by atoms with E-state index in [4.69, 9.17) is 0 Å². The summed E-state index contributed by atoms with van der Waals surface area (Å²) in [4.78, 5) is 3.93. The number of hydrogen-bond donors (Lipinski definition) is 1. The summed E-state index contributed by atoms with van der Waals surface area (Å²) < 4.78 is 28.5. The molecular weight excluding hydrogens is 300 g/mol. The van der Waals surface area contributed by atoms with Gasteiger partial charge in [-0.05, 0) is 48.4 Å². The van der Waals surface area contributed by atoms with Crippen LogP contribution in [0.5, 0.6) is 0 Å². The van der Waals surface area contributed by atoms with Crippen molar-refractivity contribution >= 4 is 0 Å². The van der Waals surface area contributed by atoms with E-state index >= 15 is 0 Å². The molecule has 6 heteroatoms. The van der Waals surface area contributed by atoms with Crippen LogP contribution in [0.25, 0.3) is 0 Å². The highest BCUT2D eigenvalue weighted by molar-refractivity contribution is 5.18. The Labute approximate surface area is 135 Å². The first-order valence-corrected chi connectivity index (χ1v) is 7.75. The van der Waals surface area contributed by atoms with Gasteiger partial charge in [-0.1, -0.05) is 20.8 Å². The molecule has 0 bridgehead atoms. The van der Waals surface area contributed by atoms with Gasteiger partial charge in [-0.15, -0.1) is 0 Å². The lowest BCUT2D eigenvalue weighted by Crippen LogP contribution is -2.36. The second kappa shape index (κ2) is 7.17. The van der Waals surface area contributed by atoms with Crippen LogP contribution in [0, 0.1) is 17.0 Å². The molecule has 0 radical (unpaired) electrons. The molecule has 0 unspecified atom stereocenters. The predicted octanol–water partition coefficient (Wildman–Crippen LogP) is 3.53. The molecule has 1 aromatic carbocycles. The molecule has 0 spiro atoms. The van der Waals surface area contributed by atoms with E-state index in [1.54, 1.807) is 11.0 Å². The minimum Gasteiger partial charge on any atom is -0.390 e. The fraction of sp³-hybridized carbons (Fsp3) is 0.529. The van der Waals surface area contributed by atoms with Gasteiger partial charge in [0.05, 0.1) is 12.1 Å². The first-order valence-electron chi connectivity index (χ1n) is 7.75. The van der Waals surface area contributed by atoms with Gasteiger partial charge in [-0.3, -0.25) is 0 Å². The van der Waals surface area contributed by atoms with Crippen LogP contribution in [-0.2, 0) is 6.42 Å². The van der Waals surface area contributed by atoms with E-state index in [-0.39, 0.29) is 11.5 Å². The number of aliphatic hydroxyl groups is 1. The number of benzene rings is 1. The highest BCUT2D eigenvalue weighted by Crippen LogP contribution is 2.31. The van der Waals surface area contributed by atoms with Crippen LogP contribution < -0.4 is 0 Å². The molecule has 4 nitrogen and oxygen atoms in total. The Morgan fingerprint density at radius 1 is 1.26 bits per heavy atom. The topological polar surface area (TPSA) is 50.9 Å². The first kappa shape index (κ1) is 17.5. The minimum absolute atomic E-state index is 0.255. The summed E-state index contributed by atoms with van der Waals surface area (Å²) in [6.07, 6.45) is 3.99. The molecule has 0 aliphatic carbocycles. The van der Waals surface area contributed by atoms with Gasteiger partial charge in [0, 0.05) is 0 Å². The van der Waals surface area contributed by atoms with Crippen molar-refractivity contribution in [3.8, 4) is 0 Å². The van der Waals surface area contributed by atoms with Gasteiger partial charge in [0.25, 0.3) is 0 Å². The van der Waals surface area contributed by atoms with Crippen molar-refractivity contribution in [2.45, 2.75) is 52.2 Å². The minimum atomic E-state index is -0.624. The standard InChI is InChI=1S/C17H23F2N3O/c1-17(2,3)16(23)15(22-11-20-10-21-22)6-4-5-12-9-13(18)7-8-14(12)19/h7-11,15-16,23H,4-6H2,1-3H3/t15-,16-/m1/s1. The summed E-state index contributed by atoms with van der Waals surface area (Å²) in [5, 5.41) is 14.7. The number of halogens is 2. The molecule has 1 heterocycles. The molecule has 0 aliphatic heterocycles. The summed E-state index contributed by atoms with van der Waals surface area (Å²) in [6, 6.07) is 3.22. The van der Waals surface area contributed by atoms with Gasteiger partial charge in [0.15, 0.2) is 0 Å². The fourth-order valence-electron chi connectivity index (χ4n) is 2.64. The maximum absolute atomic E-state index is 13.7. The van der Waals surface area contributed by atoms with Crippen molar-refractivity contribution in [3.63, 3.8) is 0 Å². The van der Waals surface area contributed by atoms with Gasteiger partial charge >= 0.3 is 0 Å². The van der Waals surface area contributed by atoms with E-state index in [9.17, 15) is 13.9 Å². The van der Waals surface area contributed by atoms with Crippen LogP contribution in [0.4, 0.5) is 8.78 Å². The lowest BCUT2D eigenvalue weighted by Gasteiger charge is -2.33. The molecule has 0 amide bonds. The van der Waals surface area contributed by atoms with Crippen LogP contribution >= 0.6 is 0 Å². The van der Waals surface area contributed by atoms with Crippen LogP contribution in [0.15, 0.2) is 30.9 Å². The molecule has 23 heavy (non-hydrogen) atoms. The van der Waals surface area contributed by atoms with Crippen molar-refractivity contribution in [1.82, 2.24) is 14.8 Å². The monoisotopic (exact) mass is 323 g/mol. The van der Waals surface area contributed by atoms with Crippen LogP contribution in [0.3, 0.4) is 0 Å². The van der Waals surface area contributed by atoms with Gasteiger partial charge in [0.1, 0.15) is 24.3 Å². The van der Waals surface area contributed by atoms with Crippen LogP contribution in [0.2, 0.25) is 0 Å². The van der Waals surface area contributed by atoms with Crippen molar-refractivity contribution in [2.75, 3.05) is 0 Å². The molecule has 0 aliphatic rings. The molecule has 1 N–H and O–H groups in total. The van der Waals surface area contributed by atoms with Gasteiger partial charge in [-0.2, -0.15) is 5.10 Å².